The van der Waals surface area contributed by atoms with E-state index in [9.17, 15) is 4.79 Å². The Morgan fingerprint density at radius 1 is 1.00 bits per heavy atom. The van der Waals surface area contributed by atoms with E-state index in [1.807, 2.05) is 78.3 Å². The Labute approximate surface area is 208 Å². The molecule has 5 nitrogen and oxygen atoms in total. The number of aryl methyl sites for hydroxylation is 2. The number of aromatic nitrogens is 3. The lowest BCUT2D eigenvalue weighted by atomic mass is 9.80. The number of rotatable bonds is 4. The summed E-state index contributed by atoms with van der Waals surface area (Å²) in [5.41, 5.74) is 11.9. The van der Waals surface area contributed by atoms with Crippen molar-refractivity contribution in [1.29, 1.82) is 0 Å². The number of nitrogens with two attached hydrogens (primary N) is 1. The maximum atomic E-state index is 12.8. The number of benzene rings is 3. The third-order valence-corrected chi connectivity index (χ3v) is 6.81. The van der Waals surface area contributed by atoms with Crippen LogP contribution < -0.4 is 11.3 Å². The van der Waals surface area contributed by atoms with Gasteiger partial charge in [-0.3, -0.25) is 4.79 Å². The monoisotopic (exact) mass is 478 g/mol. The second kappa shape index (κ2) is 8.59. The molecule has 0 saturated carbocycles. The number of halogens is 1. The summed E-state index contributed by atoms with van der Waals surface area (Å²) in [5, 5.41) is 1.52. The molecule has 0 aliphatic rings. The fraction of sp³-hybridized carbons (Fsp3) is 0.103. The van der Waals surface area contributed by atoms with E-state index in [0.717, 1.165) is 44.4 Å². The molecule has 0 unspecified atom stereocenters. The first-order chi connectivity index (χ1) is 16.8. The van der Waals surface area contributed by atoms with Crippen LogP contribution in [0.1, 0.15) is 22.4 Å². The summed E-state index contributed by atoms with van der Waals surface area (Å²) in [6.45, 7) is 0. The van der Waals surface area contributed by atoms with Crippen LogP contribution in [-0.4, -0.2) is 14.1 Å². The molecule has 0 radical (unpaired) electrons. The highest BCUT2D eigenvalue weighted by atomic mass is 35.5. The van der Waals surface area contributed by atoms with Gasteiger partial charge >= 0.3 is 0 Å². The molecule has 2 N–H and O–H groups in total. The zero-order valence-electron chi connectivity index (χ0n) is 19.4. The highest BCUT2D eigenvalue weighted by molar-refractivity contribution is 6.30. The predicted molar refractivity (Wildman–Crippen MR) is 141 cm³/mol. The van der Waals surface area contributed by atoms with E-state index in [1.54, 1.807) is 30.2 Å². The van der Waals surface area contributed by atoms with Crippen LogP contribution in [-0.2, 0) is 19.6 Å². The van der Waals surface area contributed by atoms with E-state index in [-0.39, 0.29) is 5.56 Å². The molecule has 3 aromatic carbocycles. The first kappa shape index (κ1) is 22.7. The minimum Gasteiger partial charge on any atom is -0.336 e. The fourth-order valence-corrected chi connectivity index (χ4v) is 4.76. The summed E-state index contributed by atoms with van der Waals surface area (Å²) >= 11 is 6.18. The Hall–Kier alpha value is -4.11. The molecule has 0 aliphatic heterocycles. The van der Waals surface area contributed by atoms with Crippen molar-refractivity contribution >= 4 is 22.5 Å². The highest BCUT2D eigenvalue weighted by Crippen LogP contribution is 2.37. The van der Waals surface area contributed by atoms with Crippen molar-refractivity contribution in [3.63, 3.8) is 0 Å². The van der Waals surface area contributed by atoms with Gasteiger partial charge in [0.05, 0.1) is 23.7 Å². The average molecular weight is 479 g/mol. The van der Waals surface area contributed by atoms with Crippen molar-refractivity contribution in [2.45, 2.75) is 5.54 Å². The zero-order chi connectivity index (χ0) is 24.7. The van der Waals surface area contributed by atoms with Crippen molar-refractivity contribution < 1.29 is 0 Å². The van der Waals surface area contributed by atoms with Gasteiger partial charge in [-0.25, -0.2) is 4.98 Å². The van der Waals surface area contributed by atoms with E-state index < -0.39 is 5.54 Å². The molecule has 5 rings (SSSR count). The van der Waals surface area contributed by atoms with Gasteiger partial charge < -0.3 is 14.9 Å². The van der Waals surface area contributed by atoms with Gasteiger partial charge in [0, 0.05) is 36.1 Å². The summed E-state index contributed by atoms with van der Waals surface area (Å²) in [4.78, 5) is 17.1. The summed E-state index contributed by atoms with van der Waals surface area (Å²) in [6, 6.07) is 22.7. The molecule has 0 saturated heterocycles. The van der Waals surface area contributed by atoms with Crippen molar-refractivity contribution in [3.8, 4) is 23.5 Å². The lowest BCUT2D eigenvalue weighted by Gasteiger charge is -2.31. The Morgan fingerprint density at radius 2 is 1.74 bits per heavy atom. The minimum absolute atomic E-state index is 0.102. The summed E-state index contributed by atoms with van der Waals surface area (Å²) < 4.78 is 3.55. The maximum absolute atomic E-state index is 12.8. The molecular weight excluding hydrogens is 456 g/mol. The molecule has 0 bridgehead atoms. The third kappa shape index (κ3) is 3.74. The third-order valence-electron chi connectivity index (χ3n) is 6.56. The summed E-state index contributed by atoms with van der Waals surface area (Å²) in [6.07, 6.45) is 9.14. The minimum atomic E-state index is -1.02. The molecule has 6 heteroatoms. The van der Waals surface area contributed by atoms with Crippen molar-refractivity contribution in [1.82, 2.24) is 14.1 Å². The Kier molecular flexibility index (Phi) is 5.56. The molecule has 2 heterocycles. The van der Waals surface area contributed by atoms with Gasteiger partial charge in [0.15, 0.2) is 0 Å². The first-order valence-electron chi connectivity index (χ1n) is 11.1. The number of terminal acetylenes is 1. The molecule has 0 aliphatic carbocycles. The van der Waals surface area contributed by atoms with Crippen LogP contribution in [0.2, 0.25) is 5.02 Å². The molecule has 172 valence electrons. The molecule has 0 fully saturated rings. The molecule has 5 aromatic rings. The number of hydrogen-bond acceptors (Lipinski definition) is 3. The quantitative estimate of drug-likeness (QED) is 0.376. The van der Waals surface area contributed by atoms with Gasteiger partial charge in [-0.15, -0.1) is 6.42 Å². The second-order valence-electron chi connectivity index (χ2n) is 8.62. The van der Waals surface area contributed by atoms with Crippen LogP contribution in [0.3, 0.4) is 0 Å². The molecule has 1 atom stereocenters. The first-order valence-corrected chi connectivity index (χ1v) is 11.4. The second-order valence-corrected chi connectivity index (χ2v) is 9.05. The lowest BCUT2D eigenvalue weighted by molar-refractivity contribution is 0.596. The van der Waals surface area contributed by atoms with E-state index >= 15 is 0 Å². The van der Waals surface area contributed by atoms with Gasteiger partial charge in [0.2, 0.25) is 0 Å². The topological polar surface area (TPSA) is 65.8 Å². The number of nitrogens with zero attached hydrogens (tertiary/aromatic N) is 3. The molecule has 0 spiro atoms. The standard InChI is InChI=1S/C29H23ClN4O/c1-4-19-6-5-7-20(14-19)24-16-28(35)34(3)26-13-10-22(15-25(24)26)29(31,27-17-32-18-33(27)2)21-8-11-23(30)12-9-21/h1,5-18H,31H2,2-3H3/t29-/m1/s1. The lowest BCUT2D eigenvalue weighted by Crippen LogP contribution is -2.41. The molecule has 2 aromatic heterocycles. The number of pyridine rings is 1. The average Bonchev–Trinajstić information content (AvgIpc) is 3.32. The van der Waals surface area contributed by atoms with Gasteiger partial charge in [-0.05, 0) is 58.7 Å². The van der Waals surface area contributed by atoms with E-state index in [4.69, 9.17) is 23.8 Å². The molecule has 35 heavy (non-hydrogen) atoms. The van der Waals surface area contributed by atoms with E-state index in [2.05, 4.69) is 10.9 Å². The summed E-state index contributed by atoms with van der Waals surface area (Å²) in [5.74, 6) is 2.67. The molecular formula is C29H23ClN4O. The van der Waals surface area contributed by atoms with Crippen LogP contribution in [0, 0.1) is 12.3 Å². The van der Waals surface area contributed by atoms with Crippen LogP contribution in [0.5, 0.6) is 0 Å². The van der Waals surface area contributed by atoms with Crippen molar-refractivity contribution in [2.75, 3.05) is 0 Å². The normalized spacial score (nSPS) is 12.9. The van der Waals surface area contributed by atoms with Crippen molar-refractivity contribution in [3.05, 3.63) is 123 Å². The summed E-state index contributed by atoms with van der Waals surface area (Å²) in [7, 11) is 3.68. The largest absolute Gasteiger partial charge is 0.336 e. The highest BCUT2D eigenvalue weighted by Gasteiger charge is 2.35. The van der Waals surface area contributed by atoms with Crippen LogP contribution in [0.4, 0.5) is 0 Å². The van der Waals surface area contributed by atoms with Crippen molar-refractivity contribution in [2.24, 2.45) is 19.8 Å². The molecule has 0 amide bonds. The number of fused-ring (bicyclic) bond motifs is 1. The predicted octanol–water partition coefficient (Wildman–Crippen LogP) is 4.82. The van der Waals surface area contributed by atoms with E-state index in [0.29, 0.717) is 5.02 Å². The Bertz CT molecular complexity index is 1670. The number of imidazole rings is 1. The van der Waals surface area contributed by atoms with Crippen LogP contribution >= 0.6 is 11.6 Å². The van der Waals surface area contributed by atoms with Gasteiger partial charge in [0.25, 0.3) is 5.56 Å². The Morgan fingerprint density at radius 3 is 2.43 bits per heavy atom. The van der Waals surface area contributed by atoms with Crippen LogP contribution in [0.15, 0.2) is 90.1 Å². The van der Waals surface area contributed by atoms with Gasteiger partial charge in [0.1, 0.15) is 5.54 Å². The van der Waals surface area contributed by atoms with Crippen LogP contribution in [0.25, 0.3) is 22.0 Å². The fourth-order valence-electron chi connectivity index (χ4n) is 4.63. The zero-order valence-corrected chi connectivity index (χ0v) is 20.1. The van der Waals surface area contributed by atoms with E-state index in [1.165, 1.54) is 0 Å². The van der Waals surface area contributed by atoms with Gasteiger partial charge in [-0.2, -0.15) is 0 Å². The van der Waals surface area contributed by atoms with Gasteiger partial charge in [-0.1, -0.05) is 47.9 Å². The smallest absolute Gasteiger partial charge is 0.251 e. The SMILES string of the molecule is C#Cc1cccc(-c2cc(=O)n(C)c3ccc([C@](N)(c4ccc(Cl)cc4)c4cncn4C)cc23)c1. The number of hydrogen-bond donors (Lipinski definition) is 1. The maximum Gasteiger partial charge on any atom is 0.251 e. The Balaban J connectivity index is 1.84.